The normalized spacial score (nSPS) is 21.7. The van der Waals surface area contributed by atoms with Crippen LogP contribution in [0.5, 0.6) is 5.75 Å². The van der Waals surface area contributed by atoms with Gasteiger partial charge in [-0.2, -0.15) is 17.6 Å². The molecule has 0 unspecified atom stereocenters. The van der Waals surface area contributed by atoms with Crippen LogP contribution in [0.25, 0.3) is 0 Å². The summed E-state index contributed by atoms with van der Waals surface area (Å²) < 4.78 is 61.0. The van der Waals surface area contributed by atoms with Crippen molar-refractivity contribution in [3.05, 3.63) is 42.5 Å². The summed E-state index contributed by atoms with van der Waals surface area (Å²) in [6.45, 7) is 0.562. The Bertz CT molecular complexity index is 508. The van der Waals surface area contributed by atoms with E-state index in [1.54, 1.807) is 0 Å². The van der Waals surface area contributed by atoms with Crippen molar-refractivity contribution in [2.24, 2.45) is 11.8 Å². The van der Waals surface area contributed by atoms with Gasteiger partial charge in [0.1, 0.15) is 5.75 Å². The molecule has 24 heavy (non-hydrogen) atoms. The first-order valence-electron chi connectivity index (χ1n) is 8.06. The highest BCUT2D eigenvalue weighted by Crippen LogP contribution is 2.37. The van der Waals surface area contributed by atoms with Gasteiger partial charge in [0.2, 0.25) is 0 Å². The van der Waals surface area contributed by atoms with Gasteiger partial charge < -0.3 is 9.47 Å². The predicted molar refractivity (Wildman–Crippen MR) is 83.1 cm³/mol. The Hall–Kier alpha value is -1.56. The molecule has 0 aromatic heterocycles. The fourth-order valence-electron chi connectivity index (χ4n) is 2.98. The number of hydrogen-bond donors (Lipinski definition) is 0. The quantitative estimate of drug-likeness (QED) is 0.439. The highest BCUT2D eigenvalue weighted by atomic mass is 19.3. The lowest BCUT2D eigenvalue weighted by Crippen LogP contribution is -2.26. The molecule has 0 bridgehead atoms. The van der Waals surface area contributed by atoms with Gasteiger partial charge in [0.05, 0.1) is 6.61 Å². The first-order valence-corrected chi connectivity index (χ1v) is 8.06. The first kappa shape index (κ1) is 18.8. The Balaban J connectivity index is 1.78. The van der Waals surface area contributed by atoms with E-state index in [0.717, 1.165) is 25.7 Å². The second-order valence-corrected chi connectivity index (χ2v) is 6.17. The number of alkyl halides is 4. The van der Waals surface area contributed by atoms with E-state index in [4.69, 9.17) is 4.74 Å². The Kier molecular flexibility index (Phi) is 6.66. The minimum Gasteiger partial charge on any atom is -0.435 e. The summed E-state index contributed by atoms with van der Waals surface area (Å²) in [5.41, 5.74) is 0.478. The number of hydrogen-bond acceptors (Lipinski definition) is 2. The van der Waals surface area contributed by atoms with Crippen LogP contribution in [-0.4, -0.2) is 12.7 Å². The Morgan fingerprint density at radius 1 is 1.12 bits per heavy atom. The average Bonchev–Trinajstić information content (AvgIpc) is 2.54. The number of ether oxygens (including phenoxy) is 2. The zero-order valence-electron chi connectivity index (χ0n) is 13.4. The van der Waals surface area contributed by atoms with Gasteiger partial charge in [-0.15, -0.1) is 6.58 Å². The minimum absolute atomic E-state index is 0.0144. The third-order valence-corrected chi connectivity index (χ3v) is 4.35. The van der Waals surface area contributed by atoms with Crippen LogP contribution in [-0.2, 0) is 11.3 Å². The molecule has 1 aromatic rings. The molecular formula is C18H22F4O2. The van der Waals surface area contributed by atoms with Crippen molar-refractivity contribution < 1.29 is 27.0 Å². The fraction of sp³-hybridized carbons (Fsp3) is 0.556. The van der Waals surface area contributed by atoms with Gasteiger partial charge >= 0.3 is 12.7 Å². The summed E-state index contributed by atoms with van der Waals surface area (Å²) in [6, 6.07) is 5.48. The Labute approximate surface area is 139 Å². The van der Waals surface area contributed by atoms with Crippen LogP contribution >= 0.6 is 0 Å². The van der Waals surface area contributed by atoms with E-state index < -0.39 is 12.7 Å². The molecule has 1 aliphatic carbocycles. The van der Waals surface area contributed by atoms with Crippen LogP contribution in [0.2, 0.25) is 0 Å². The third-order valence-electron chi connectivity index (χ3n) is 4.35. The molecule has 0 saturated heterocycles. The van der Waals surface area contributed by atoms with Crippen LogP contribution in [0.1, 0.15) is 37.7 Å². The zero-order chi connectivity index (χ0) is 17.6. The Morgan fingerprint density at radius 2 is 1.75 bits per heavy atom. The topological polar surface area (TPSA) is 18.5 Å². The van der Waals surface area contributed by atoms with E-state index in [1.807, 2.05) is 6.08 Å². The summed E-state index contributed by atoms with van der Waals surface area (Å²) in [5.74, 6) is 0.377. The van der Waals surface area contributed by atoms with Crippen molar-refractivity contribution in [3.8, 4) is 5.75 Å². The standard InChI is InChI=1S/C18H22F4O2/c1-2-13-3-5-14(6-4-13)11-18(21,22)23-12-15-7-9-16(10-8-15)24-17(19)20/h2,7-10,13-14,17H,1,3-6,11-12H2/t13-,14-. The summed E-state index contributed by atoms with van der Waals surface area (Å²) >= 11 is 0. The minimum atomic E-state index is -3.19. The molecule has 2 rings (SSSR count). The highest BCUT2D eigenvalue weighted by Gasteiger charge is 2.35. The molecule has 0 radical (unpaired) electrons. The average molecular weight is 346 g/mol. The number of allylic oxidation sites excluding steroid dienone is 1. The lowest BCUT2D eigenvalue weighted by Gasteiger charge is -2.29. The lowest BCUT2D eigenvalue weighted by atomic mass is 9.80. The molecule has 0 aliphatic heterocycles. The van der Waals surface area contributed by atoms with E-state index in [-0.39, 0.29) is 24.7 Å². The van der Waals surface area contributed by atoms with E-state index in [1.165, 1.54) is 24.3 Å². The molecule has 1 aromatic carbocycles. The molecule has 0 spiro atoms. The fourth-order valence-corrected chi connectivity index (χ4v) is 2.98. The summed E-state index contributed by atoms with van der Waals surface area (Å²) in [5, 5.41) is 0. The van der Waals surface area contributed by atoms with Crippen molar-refractivity contribution in [3.63, 3.8) is 0 Å². The van der Waals surface area contributed by atoms with E-state index >= 15 is 0 Å². The van der Waals surface area contributed by atoms with Crippen LogP contribution < -0.4 is 4.74 Å². The van der Waals surface area contributed by atoms with Crippen molar-refractivity contribution in [1.82, 2.24) is 0 Å². The van der Waals surface area contributed by atoms with Crippen molar-refractivity contribution in [2.45, 2.75) is 51.4 Å². The number of benzene rings is 1. The zero-order valence-corrected chi connectivity index (χ0v) is 13.4. The molecular weight excluding hydrogens is 324 g/mol. The maximum Gasteiger partial charge on any atom is 0.387 e. The van der Waals surface area contributed by atoms with E-state index in [2.05, 4.69) is 11.3 Å². The van der Waals surface area contributed by atoms with Crippen LogP contribution in [0.15, 0.2) is 36.9 Å². The maximum atomic E-state index is 14.0. The van der Waals surface area contributed by atoms with Crippen molar-refractivity contribution >= 4 is 0 Å². The van der Waals surface area contributed by atoms with Gasteiger partial charge in [-0.05, 0) is 55.2 Å². The number of rotatable bonds is 8. The predicted octanol–water partition coefficient (Wildman–Crippen LogP) is 5.78. The highest BCUT2D eigenvalue weighted by molar-refractivity contribution is 5.26. The molecule has 0 heterocycles. The molecule has 0 amide bonds. The lowest BCUT2D eigenvalue weighted by molar-refractivity contribution is -0.256. The van der Waals surface area contributed by atoms with Crippen molar-refractivity contribution in [1.29, 1.82) is 0 Å². The summed E-state index contributed by atoms with van der Waals surface area (Å²) in [6.07, 6.45) is 1.73. The smallest absolute Gasteiger partial charge is 0.387 e. The first-order chi connectivity index (χ1) is 11.4. The van der Waals surface area contributed by atoms with Crippen LogP contribution in [0, 0.1) is 11.8 Å². The molecule has 6 heteroatoms. The molecule has 1 saturated carbocycles. The second-order valence-electron chi connectivity index (χ2n) is 6.17. The van der Waals surface area contributed by atoms with Gasteiger partial charge in [0.15, 0.2) is 0 Å². The van der Waals surface area contributed by atoms with Crippen molar-refractivity contribution in [2.75, 3.05) is 0 Å². The molecule has 1 aliphatic rings. The molecule has 134 valence electrons. The second kappa shape index (κ2) is 8.51. The van der Waals surface area contributed by atoms with Gasteiger partial charge in [-0.1, -0.05) is 18.2 Å². The molecule has 0 N–H and O–H groups in total. The van der Waals surface area contributed by atoms with Crippen LogP contribution in [0.3, 0.4) is 0 Å². The third kappa shape index (κ3) is 6.15. The van der Waals surface area contributed by atoms with Crippen LogP contribution in [0.4, 0.5) is 17.6 Å². The van der Waals surface area contributed by atoms with Gasteiger partial charge in [-0.3, -0.25) is 0 Å². The molecule has 0 atom stereocenters. The number of halogens is 4. The SMILES string of the molecule is C=C[C@H]1CC[C@H](CC(F)(F)OCc2ccc(OC(F)F)cc2)CC1. The molecule has 2 nitrogen and oxygen atoms in total. The Morgan fingerprint density at radius 3 is 2.29 bits per heavy atom. The monoisotopic (exact) mass is 346 g/mol. The summed E-state index contributed by atoms with van der Waals surface area (Å²) in [7, 11) is 0. The van der Waals surface area contributed by atoms with E-state index in [0.29, 0.717) is 11.5 Å². The van der Waals surface area contributed by atoms with Gasteiger partial charge in [0.25, 0.3) is 0 Å². The summed E-state index contributed by atoms with van der Waals surface area (Å²) in [4.78, 5) is 0. The van der Waals surface area contributed by atoms with E-state index in [9.17, 15) is 17.6 Å². The molecule has 1 fully saturated rings. The van der Waals surface area contributed by atoms with Gasteiger partial charge in [0, 0.05) is 6.42 Å². The largest absolute Gasteiger partial charge is 0.435 e. The maximum absolute atomic E-state index is 14.0. The van der Waals surface area contributed by atoms with Gasteiger partial charge in [-0.25, -0.2) is 0 Å².